The van der Waals surface area contributed by atoms with Crippen molar-refractivity contribution in [2.45, 2.75) is 19.8 Å². The molecule has 4 heteroatoms. The Morgan fingerprint density at radius 1 is 1.53 bits per heavy atom. The molecule has 82 valence electrons. The molecule has 2 N–H and O–H groups in total. The van der Waals surface area contributed by atoms with Crippen molar-refractivity contribution >= 4 is 5.91 Å². The second-order valence-electron chi connectivity index (χ2n) is 3.21. The highest BCUT2D eigenvalue weighted by molar-refractivity contribution is 5.93. The fourth-order valence-corrected chi connectivity index (χ4v) is 1.12. The van der Waals surface area contributed by atoms with Gasteiger partial charge in [-0.25, -0.2) is 4.39 Å². The molecule has 1 aromatic carbocycles. The minimum atomic E-state index is -0.771. The largest absolute Gasteiger partial charge is 0.493 e. The lowest BCUT2D eigenvalue weighted by Crippen LogP contribution is -2.13. The van der Waals surface area contributed by atoms with Gasteiger partial charge in [-0.1, -0.05) is 13.3 Å². The molecule has 0 atom stereocenters. The molecule has 0 saturated heterocycles. The van der Waals surface area contributed by atoms with Gasteiger partial charge in [0.2, 0.25) is 0 Å². The zero-order chi connectivity index (χ0) is 11.3. The van der Waals surface area contributed by atoms with Crippen molar-refractivity contribution in [3.63, 3.8) is 0 Å². The maximum absolute atomic E-state index is 13.2. The second-order valence-corrected chi connectivity index (χ2v) is 3.21. The predicted molar refractivity (Wildman–Crippen MR) is 55.3 cm³/mol. The number of hydrogen-bond acceptors (Lipinski definition) is 2. The molecule has 3 nitrogen and oxygen atoms in total. The van der Waals surface area contributed by atoms with E-state index in [4.69, 9.17) is 10.5 Å². The van der Waals surface area contributed by atoms with Crippen molar-refractivity contribution in [1.82, 2.24) is 0 Å². The number of amides is 1. The molecule has 1 rings (SSSR count). The lowest BCUT2D eigenvalue weighted by molar-refractivity contribution is 0.0996. The van der Waals surface area contributed by atoms with E-state index in [1.54, 1.807) is 6.07 Å². The third-order valence-electron chi connectivity index (χ3n) is 1.97. The summed E-state index contributed by atoms with van der Waals surface area (Å²) in [5.41, 5.74) is 4.85. The molecule has 0 aliphatic carbocycles. The van der Waals surface area contributed by atoms with Gasteiger partial charge in [-0.05, 0) is 18.6 Å². The van der Waals surface area contributed by atoms with Gasteiger partial charge in [-0.15, -0.1) is 0 Å². The Balaban J connectivity index is 2.69. The number of halogens is 1. The third-order valence-corrected chi connectivity index (χ3v) is 1.97. The Bertz CT molecular complexity index is 352. The summed E-state index contributed by atoms with van der Waals surface area (Å²) < 4.78 is 18.5. The molecule has 0 heterocycles. The van der Waals surface area contributed by atoms with Gasteiger partial charge in [-0.3, -0.25) is 4.79 Å². The van der Waals surface area contributed by atoms with Crippen molar-refractivity contribution in [1.29, 1.82) is 0 Å². The number of carbonyl (C=O) groups is 1. The Labute approximate surface area is 88.0 Å². The van der Waals surface area contributed by atoms with Crippen molar-refractivity contribution in [2.75, 3.05) is 6.61 Å². The molecule has 0 fully saturated rings. The van der Waals surface area contributed by atoms with Gasteiger partial charge < -0.3 is 10.5 Å². The van der Waals surface area contributed by atoms with Crippen molar-refractivity contribution < 1.29 is 13.9 Å². The SMILES string of the molecule is CCCCOc1ccc(C(N)=O)c(F)c1. The van der Waals surface area contributed by atoms with Crippen LogP contribution in [0.5, 0.6) is 5.75 Å². The molecule has 0 unspecified atom stereocenters. The second kappa shape index (κ2) is 5.34. The Morgan fingerprint density at radius 2 is 2.27 bits per heavy atom. The number of ether oxygens (including phenoxy) is 1. The summed E-state index contributed by atoms with van der Waals surface area (Å²) in [7, 11) is 0. The molecule has 0 aromatic heterocycles. The Morgan fingerprint density at radius 3 is 2.80 bits per heavy atom. The normalized spacial score (nSPS) is 10.0. The zero-order valence-corrected chi connectivity index (χ0v) is 8.63. The topological polar surface area (TPSA) is 52.3 Å². The number of benzene rings is 1. The Kier molecular flexibility index (Phi) is 4.09. The number of nitrogens with two attached hydrogens (primary N) is 1. The fourth-order valence-electron chi connectivity index (χ4n) is 1.12. The molecule has 15 heavy (non-hydrogen) atoms. The molecule has 0 saturated carbocycles. The van der Waals surface area contributed by atoms with E-state index in [-0.39, 0.29) is 5.56 Å². The molecule has 1 amide bonds. The molecule has 0 radical (unpaired) electrons. The first kappa shape index (κ1) is 11.5. The average Bonchev–Trinajstić information content (AvgIpc) is 2.17. The number of rotatable bonds is 5. The first-order valence-corrected chi connectivity index (χ1v) is 4.87. The van der Waals surface area contributed by atoms with Gasteiger partial charge in [0.25, 0.3) is 5.91 Å². The standard InChI is InChI=1S/C11H14FNO2/c1-2-3-6-15-8-4-5-9(11(13)14)10(12)7-8/h4-5,7H,2-3,6H2,1H3,(H2,13,14). The van der Waals surface area contributed by atoms with Crippen LogP contribution in [-0.4, -0.2) is 12.5 Å². The highest BCUT2D eigenvalue weighted by Crippen LogP contribution is 2.16. The van der Waals surface area contributed by atoms with Gasteiger partial charge in [-0.2, -0.15) is 0 Å². The van der Waals surface area contributed by atoms with Crippen molar-refractivity contribution in [3.05, 3.63) is 29.6 Å². The van der Waals surface area contributed by atoms with Crippen LogP contribution in [-0.2, 0) is 0 Å². The number of carbonyl (C=O) groups excluding carboxylic acids is 1. The minimum absolute atomic E-state index is 0.113. The first-order valence-electron chi connectivity index (χ1n) is 4.87. The van der Waals surface area contributed by atoms with E-state index in [1.165, 1.54) is 12.1 Å². The molecular formula is C11H14FNO2. The van der Waals surface area contributed by atoms with Crippen molar-refractivity contribution in [2.24, 2.45) is 5.73 Å². The number of primary amides is 1. The van der Waals surface area contributed by atoms with E-state index in [0.717, 1.165) is 12.8 Å². The minimum Gasteiger partial charge on any atom is -0.493 e. The summed E-state index contributed by atoms with van der Waals surface area (Å²) in [5, 5.41) is 0. The van der Waals surface area contributed by atoms with Crippen LogP contribution in [0, 0.1) is 5.82 Å². The Hall–Kier alpha value is -1.58. The maximum Gasteiger partial charge on any atom is 0.251 e. The number of hydrogen-bond donors (Lipinski definition) is 1. The molecule has 1 aromatic rings. The summed E-state index contributed by atoms with van der Waals surface area (Å²) in [4.78, 5) is 10.7. The zero-order valence-electron chi connectivity index (χ0n) is 8.63. The highest BCUT2D eigenvalue weighted by atomic mass is 19.1. The van der Waals surface area contributed by atoms with Gasteiger partial charge in [0, 0.05) is 6.07 Å². The van der Waals surface area contributed by atoms with E-state index >= 15 is 0 Å². The van der Waals surface area contributed by atoms with E-state index in [9.17, 15) is 9.18 Å². The predicted octanol–water partition coefficient (Wildman–Crippen LogP) is 2.10. The smallest absolute Gasteiger partial charge is 0.251 e. The van der Waals surface area contributed by atoms with Gasteiger partial charge >= 0.3 is 0 Å². The van der Waals surface area contributed by atoms with Gasteiger partial charge in [0.1, 0.15) is 11.6 Å². The van der Waals surface area contributed by atoms with Crippen molar-refractivity contribution in [3.8, 4) is 5.75 Å². The van der Waals surface area contributed by atoms with Crippen LogP contribution in [0.3, 0.4) is 0 Å². The van der Waals surface area contributed by atoms with E-state index in [1.807, 2.05) is 6.92 Å². The van der Waals surface area contributed by atoms with Gasteiger partial charge in [0.05, 0.1) is 12.2 Å². The first-order chi connectivity index (χ1) is 7.15. The van der Waals surface area contributed by atoms with E-state index < -0.39 is 11.7 Å². The molecular weight excluding hydrogens is 197 g/mol. The molecule has 0 bridgehead atoms. The fraction of sp³-hybridized carbons (Fsp3) is 0.364. The van der Waals surface area contributed by atoms with Crippen LogP contribution >= 0.6 is 0 Å². The lowest BCUT2D eigenvalue weighted by atomic mass is 10.2. The molecule has 0 spiro atoms. The lowest BCUT2D eigenvalue weighted by Gasteiger charge is -2.06. The quantitative estimate of drug-likeness (QED) is 0.758. The van der Waals surface area contributed by atoms with Crippen LogP contribution in [0.2, 0.25) is 0 Å². The van der Waals surface area contributed by atoms with Crippen LogP contribution in [0.4, 0.5) is 4.39 Å². The highest BCUT2D eigenvalue weighted by Gasteiger charge is 2.08. The van der Waals surface area contributed by atoms with Crippen LogP contribution < -0.4 is 10.5 Å². The summed E-state index contributed by atoms with van der Waals surface area (Å²) in [5.74, 6) is -0.991. The summed E-state index contributed by atoms with van der Waals surface area (Å²) in [6.45, 7) is 2.59. The molecule has 0 aliphatic rings. The molecule has 0 aliphatic heterocycles. The summed E-state index contributed by atoms with van der Waals surface area (Å²) >= 11 is 0. The van der Waals surface area contributed by atoms with E-state index in [2.05, 4.69) is 0 Å². The van der Waals surface area contributed by atoms with Crippen LogP contribution in [0.1, 0.15) is 30.1 Å². The number of unbranched alkanes of at least 4 members (excludes halogenated alkanes) is 1. The van der Waals surface area contributed by atoms with Gasteiger partial charge in [0.15, 0.2) is 0 Å². The maximum atomic E-state index is 13.2. The monoisotopic (exact) mass is 211 g/mol. The van der Waals surface area contributed by atoms with Crippen LogP contribution in [0.15, 0.2) is 18.2 Å². The summed E-state index contributed by atoms with van der Waals surface area (Å²) in [6, 6.07) is 4.05. The summed E-state index contributed by atoms with van der Waals surface area (Å²) in [6.07, 6.45) is 1.93. The average molecular weight is 211 g/mol. The third kappa shape index (κ3) is 3.23. The van der Waals surface area contributed by atoms with E-state index in [0.29, 0.717) is 12.4 Å². The van der Waals surface area contributed by atoms with Crippen LogP contribution in [0.25, 0.3) is 0 Å².